The molecule has 0 radical (unpaired) electrons. The molecule has 0 atom stereocenters. The largest absolute Gasteiger partial charge is 0.481 e. The van der Waals surface area contributed by atoms with Crippen LogP contribution in [0, 0.1) is 0 Å². The standard InChI is InChI=1S/C11H14BrN3O3S/c12-8-9(6-1-2-6)14-15-10(8)11(18)13-3-4-19-5-7(16)17/h6H,1-5H2,(H,13,18)(H,14,15)(H,16,17). The van der Waals surface area contributed by atoms with Crippen LogP contribution in [-0.2, 0) is 4.79 Å². The molecular weight excluding hydrogens is 334 g/mol. The average Bonchev–Trinajstić information content (AvgIpc) is 3.12. The minimum Gasteiger partial charge on any atom is -0.481 e. The van der Waals surface area contributed by atoms with Crippen LogP contribution in [0.3, 0.4) is 0 Å². The number of aromatic amines is 1. The summed E-state index contributed by atoms with van der Waals surface area (Å²) in [6.45, 7) is 0.425. The lowest BCUT2D eigenvalue weighted by Gasteiger charge is -2.02. The molecule has 8 heteroatoms. The number of halogens is 1. The number of aromatic nitrogens is 2. The lowest BCUT2D eigenvalue weighted by Crippen LogP contribution is -2.26. The predicted octanol–water partition coefficient (Wildman–Crippen LogP) is 1.60. The van der Waals surface area contributed by atoms with Gasteiger partial charge in [-0.25, -0.2) is 0 Å². The number of hydrogen-bond acceptors (Lipinski definition) is 4. The zero-order chi connectivity index (χ0) is 13.8. The quantitative estimate of drug-likeness (QED) is 0.651. The van der Waals surface area contributed by atoms with Crippen LogP contribution < -0.4 is 5.32 Å². The first kappa shape index (κ1) is 14.4. The Morgan fingerprint density at radius 3 is 2.89 bits per heavy atom. The first-order chi connectivity index (χ1) is 9.09. The third-order valence-electron chi connectivity index (χ3n) is 2.69. The minimum absolute atomic E-state index is 0.0494. The van der Waals surface area contributed by atoms with Gasteiger partial charge in [-0.2, -0.15) is 5.10 Å². The number of amides is 1. The van der Waals surface area contributed by atoms with Gasteiger partial charge in [0.15, 0.2) is 5.69 Å². The van der Waals surface area contributed by atoms with Crippen molar-refractivity contribution in [2.45, 2.75) is 18.8 Å². The van der Waals surface area contributed by atoms with E-state index in [2.05, 4.69) is 31.4 Å². The molecule has 1 aromatic heterocycles. The highest BCUT2D eigenvalue weighted by Crippen LogP contribution is 2.42. The molecule has 104 valence electrons. The van der Waals surface area contributed by atoms with Crippen molar-refractivity contribution in [3.05, 3.63) is 15.9 Å². The number of rotatable bonds is 7. The Labute approximate surface area is 122 Å². The molecule has 6 nitrogen and oxygen atoms in total. The second-order valence-corrected chi connectivity index (χ2v) is 6.17. The lowest BCUT2D eigenvalue weighted by atomic mass is 10.2. The van der Waals surface area contributed by atoms with Gasteiger partial charge in [0.05, 0.1) is 15.9 Å². The van der Waals surface area contributed by atoms with Crippen molar-refractivity contribution < 1.29 is 14.7 Å². The van der Waals surface area contributed by atoms with Crippen LogP contribution in [0.15, 0.2) is 4.47 Å². The molecule has 3 N–H and O–H groups in total. The van der Waals surface area contributed by atoms with Gasteiger partial charge in [0, 0.05) is 18.2 Å². The van der Waals surface area contributed by atoms with Crippen molar-refractivity contribution >= 4 is 39.6 Å². The topological polar surface area (TPSA) is 95.1 Å². The molecule has 0 aliphatic heterocycles. The molecule has 19 heavy (non-hydrogen) atoms. The third kappa shape index (κ3) is 3.97. The van der Waals surface area contributed by atoms with E-state index in [1.807, 2.05) is 0 Å². The predicted molar refractivity (Wildman–Crippen MR) is 75.6 cm³/mol. The van der Waals surface area contributed by atoms with Crippen LogP contribution in [0.4, 0.5) is 0 Å². The molecule has 1 saturated carbocycles. The van der Waals surface area contributed by atoms with Gasteiger partial charge in [-0.15, -0.1) is 11.8 Å². The summed E-state index contributed by atoms with van der Waals surface area (Å²) in [5.74, 6) is 0.0181. The Hall–Kier alpha value is -1.02. The number of H-pyrrole nitrogens is 1. The van der Waals surface area contributed by atoms with Crippen LogP contribution in [0.5, 0.6) is 0 Å². The second-order valence-electron chi connectivity index (χ2n) is 4.28. The Balaban J connectivity index is 1.78. The summed E-state index contributed by atoms with van der Waals surface area (Å²) >= 11 is 4.67. The third-order valence-corrected chi connectivity index (χ3v) is 4.44. The summed E-state index contributed by atoms with van der Waals surface area (Å²) < 4.78 is 0.741. The van der Waals surface area contributed by atoms with Gasteiger partial charge in [0.2, 0.25) is 0 Å². The highest BCUT2D eigenvalue weighted by molar-refractivity contribution is 9.10. The minimum atomic E-state index is -0.847. The van der Waals surface area contributed by atoms with E-state index < -0.39 is 5.97 Å². The van der Waals surface area contributed by atoms with Crippen LogP contribution in [0.25, 0.3) is 0 Å². The summed E-state index contributed by atoms with van der Waals surface area (Å²) in [7, 11) is 0. The van der Waals surface area contributed by atoms with E-state index in [1.165, 1.54) is 11.8 Å². The molecule has 2 rings (SSSR count). The maximum Gasteiger partial charge on any atom is 0.313 e. The van der Waals surface area contributed by atoms with Gasteiger partial charge >= 0.3 is 5.97 Å². The van der Waals surface area contributed by atoms with Gasteiger partial charge in [-0.1, -0.05) is 0 Å². The van der Waals surface area contributed by atoms with E-state index in [1.54, 1.807) is 0 Å². The Kier molecular flexibility index (Phi) is 4.87. The first-order valence-electron chi connectivity index (χ1n) is 5.91. The molecule has 0 aromatic carbocycles. The van der Waals surface area contributed by atoms with Crippen LogP contribution >= 0.6 is 27.7 Å². The molecule has 0 spiro atoms. The zero-order valence-corrected chi connectivity index (χ0v) is 12.5. The SMILES string of the molecule is O=C(O)CSCCNC(=O)c1n[nH]c(C2CC2)c1Br. The van der Waals surface area contributed by atoms with Crippen molar-refractivity contribution in [1.82, 2.24) is 15.5 Å². The lowest BCUT2D eigenvalue weighted by molar-refractivity contribution is -0.133. The summed E-state index contributed by atoms with van der Waals surface area (Å²) in [5.41, 5.74) is 1.36. The van der Waals surface area contributed by atoms with Gasteiger partial charge in [0.25, 0.3) is 5.91 Å². The van der Waals surface area contributed by atoms with Crippen LogP contribution in [0.1, 0.15) is 34.9 Å². The van der Waals surface area contributed by atoms with Gasteiger partial charge in [-0.3, -0.25) is 14.7 Å². The molecule has 0 bridgehead atoms. The Morgan fingerprint density at radius 1 is 1.53 bits per heavy atom. The number of nitrogens with one attached hydrogen (secondary N) is 2. The van der Waals surface area contributed by atoms with Crippen molar-refractivity contribution in [2.75, 3.05) is 18.1 Å². The maximum atomic E-state index is 11.9. The number of carboxylic acid groups (broad SMARTS) is 1. The number of aliphatic carboxylic acids is 1. The van der Waals surface area contributed by atoms with E-state index in [9.17, 15) is 9.59 Å². The van der Waals surface area contributed by atoms with E-state index in [4.69, 9.17) is 5.11 Å². The van der Waals surface area contributed by atoms with Gasteiger partial charge in [-0.05, 0) is 28.8 Å². The fourth-order valence-electron chi connectivity index (χ4n) is 1.61. The van der Waals surface area contributed by atoms with Crippen LogP contribution in [0.2, 0.25) is 0 Å². The van der Waals surface area contributed by atoms with Gasteiger partial charge in [0.1, 0.15) is 0 Å². The molecule has 0 saturated heterocycles. The number of hydrogen-bond donors (Lipinski definition) is 3. The molecule has 1 fully saturated rings. The molecular formula is C11H14BrN3O3S. The number of carboxylic acids is 1. The maximum absolute atomic E-state index is 11.9. The van der Waals surface area contributed by atoms with E-state index in [0.29, 0.717) is 23.9 Å². The normalized spacial score (nSPS) is 14.4. The number of carbonyl (C=O) groups is 2. The smallest absolute Gasteiger partial charge is 0.313 e. The van der Waals surface area contributed by atoms with Crippen molar-refractivity contribution in [3.8, 4) is 0 Å². The summed E-state index contributed by atoms with van der Waals surface area (Å²) in [6, 6.07) is 0. The van der Waals surface area contributed by atoms with Crippen molar-refractivity contribution in [1.29, 1.82) is 0 Å². The number of nitrogens with zero attached hydrogens (tertiary/aromatic N) is 1. The molecule has 1 amide bonds. The van der Waals surface area contributed by atoms with Gasteiger partial charge < -0.3 is 10.4 Å². The second kappa shape index (κ2) is 6.42. The highest BCUT2D eigenvalue weighted by Gasteiger charge is 2.30. The zero-order valence-electron chi connectivity index (χ0n) is 10.1. The summed E-state index contributed by atoms with van der Waals surface area (Å²) in [5, 5.41) is 18.1. The number of carbonyl (C=O) groups excluding carboxylic acids is 1. The van der Waals surface area contributed by atoms with E-state index >= 15 is 0 Å². The van der Waals surface area contributed by atoms with Crippen LogP contribution in [-0.4, -0.2) is 45.2 Å². The number of thioether (sulfide) groups is 1. The molecule has 1 aromatic rings. The average molecular weight is 348 g/mol. The highest BCUT2D eigenvalue weighted by atomic mass is 79.9. The Bertz CT molecular complexity index is 488. The first-order valence-corrected chi connectivity index (χ1v) is 7.86. The molecule has 1 aliphatic rings. The molecule has 1 aliphatic carbocycles. The summed E-state index contributed by atoms with van der Waals surface area (Å²) in [6.07, 6.45) is 2.27. The fraction of sp³-hybridized carbons (Fsp3) is 0.545. The molecule has 1 heterocycles. The molecule has 0 unspecified atom stereocenters. The fourth-order valence-corrected chi connectivity index (χ4v) is 2.86. The monoisotopic (exact) mass is 347 g/mol. The van der Waals surface area contributed by atoms with E-state index in [0.717, 1.165) is 23.0 Å². The Morgan fingerprint density at radius 2 is 2.26 bits per heavy atom. The van der Waals surface area contributed by atoms with E-state index in [-0.39, 0.29) is 11.7 Å². The van der Waals surface area contributed by atoms with Crippen molar-refractivity contribution in [3.63, 3.8) is 0 Å². The summed E-state index contributed by atoms with van der Waals surface area (Å²) in [4.78, 5) is 22.2. The van der Waals surface area contributed by atoms with Crippen molar-refractivity contribution in [2.24, 2.45) is 0 Å².